The molecule has 0 heterocycles. The van der Waals surface area contributed by atoms with Gasteiger partial charge in [0.25, 0.3) is 0 Å². The fraction of sp³-hybridized carbons (Fsp3) is 0.714. The lowest BCUT2D eigenvalue weighted by Crippen LogP contribution is -2.38. The minimum atomic E-state index is -1.18. The first kappa shape index (κ1) is 12.0. The molecule has 0 unspecified atom stereocenters. The van der Waals surface area contributed by atoms with Crippen molar-refractivity contribution in [3.63, 3.8) is 0 Å². The number of carbonyl (C=O) groups excluding carboxylic acids is 2. The van der Waals surface area contributed by atoms with Gasteiger partial charge in [0.2, 0.25) is 5.91 Å². The van der Waals surface area contributed by atoms with E-state index in [1.165, 1.54) is 6.92 Å². The number of hydrogen-bond donors (Lipinski definition) is 3. The van der Waals surface area contributed by atoms with Crippen LogP contribution in [0.2, 0.25) is 0 Å². The van der Waals surface area contributed by atoms with E-state index in [-0.39, 0.29) is 6.42 Å². The van der Waals surface area contributed by atoms with Gasteiger partial charge in [-0.25, -0.2) is 5.48 Å². The van der Waals surface area contributed by atoms with Crippen LogP contribution in [0.15, 0.2) is 0 Å². The van der Waals surface area contributed by atoms with Crippen molar-refractivity contribution in [1.82, 2.24) is 5.48 Å². The molecule has 0 saturated heterocycles. The predicted octanol–water partition coefficient (Wildman–Crippen LogP) is -1.64. The van der Waals surface area contributed by atoms with Crippen molar-refractivity contribution in [2.24, 2.45) is 0 Å². The van der Waals surface area contributed by atoms with Crippen molar-refractivity contribution in [2.75, 3.05) is 6.61 Å². The molecule has 13 heavy (non-hydrogen) atoms. The van der Waals surface area contributed by atoms with E-state index in [0.717, 1.165) is 0 Å². The summed E-state index contributed by atoms with van der Waals surface area (Å²) in [7, 11) is 0. The molecule has 0 aliphatic heterocycles. The summed E-state index contributed by atoms with van der Waals surface area (Å²) in [6.45, 7) is 0.696. The van der Waals surface area contributed by atoms with Crippen LogP contribution in [0.4, 0.5) is 0 Å². The van der Waals surface area contributed by atoms with Gasteiger partial charge in [0.1, 0.15) is 18.5 Å². The Morgan fingerprint density at radius 2 is 2.31 bits per heavy atom. The lowest BCUT2D eigenvalue weighted by molar-refractivity contribution is -0.148. The molecule has 1 amide bonds. The van der Waals surface area contributed by atoms with Crippen LogP contribution in [0, 0.1) is 0 Å². The van der Waals surface area contributed by atoms with E-state index in [4.69, 9.17) is 10.2 Å². The zero-order chi connectivity index (χ0) is 10.3. The Morgan fingerprint density at radius 1 is 1.69 bits per heavy atom. The minimum absolute atomic E-state index is 0.0952. The lowest BCUT2D eigenvalue weighted by Gasteiger charge is -2.18. The predicted molar refractivity (Wildman–Crippen MR) is 42.5 cm³/mol. The van der Waals surface area contributed by atoms with Crippen LogP contribution in [0.3, 0.4) is 0 Å². The monoisotopic (exact) mass is 191 g/mol. The first-order valence-electron chi connectivity index (χ1n) is 3.76. The molecule has 0 spiro atoms. The highest BCUT2D eigenvalue weighted by atomic mass is 16.7. The summed E-state index contributed by atoms with van der Waals surface area (Å²) >= 11 is 0. The van der Waals surface area contributed by atoms with Gasteiger partial charge in [0.05, 0.1) is 6.61 Å². The van der Waals surface area contributed by atoms with Gasteiger partial charge in [-0.1, -0.05) is 0 Å². The van der Waals surface area contributed by atoms with Crippen molar-refractivity contribution >= 4 is 12.2 Å². The number of carbonyl (C=O) groups is 2. The van der Waals surface area contributed by atoms with Crippen molar-refractivity contribution in [3.8, 4) is 0 Å². The Kier molecular flexibility index (Phi) is 6.03. The van der Waals surface area contributed by atoms with Crippen molar-refractivity contribution in [3.05, 3.63) is 0 Å². The molecule has 0 saturated carbocycles. The molecule has 0 aromatic rings. The van der Waals surface area contributed by atoms with E-state index in [2.05, 4.69) is 4.84 Å². The minimum Gasteiger partial charge on any atom is -0.394 e. The van der Waals surface area contributed by atoms with Crippen LogP contribution in [-0.2, 0) is 14.4 Å². The Morgan fingerprint density at radius 3 is 2.69 bits per heavy atom. The number of aliphatic hydroxyl groups is 2. The quantitative estimate of drug-likeness (QED) is 0.346. The molecule has 6 nitrogen and oxygen atoms in total. The fourth-order valence-electron chi connectivity index (χ4n) is 0.655. The Labute approximate surface area is 75.5 Å². The van der Waals surface area contributed by atoms with Crippen molar-refractivity contribution in [2.45, 2.75) is 25.6 Å². The summed E-state index contributed by atoms with van der Waals surface area (Å²) in [6.07, 6.45) is -1.66. The number of rotatable bonds is 6. The molecule has 0 aromatic carbocycles. The third-order valence-corrected chi connectivity index (χ3v) is 1.30. The number of aldehydes is 1. The van der Waals surface area contributed by atoms with Gasteiger partial charge in [-0.05, 0) is 0 Å². The molecule has 2 atom stereocenters. The molecule has 0 aliphatic carbocycles. The third kappa shape index (κ3) is 5.29. The summed E-state index contributed by atoms with van der Waals surface area (Å²) in [6, 6.07) is 0. The zero-order valence-electron chi connectivity index (χ0n) is 7.27. The number of amides is 1. The molecule has 0 aromatic heterocycles. The average molecular weight is 191 g/mol. The molecular formula is C7H13NO5. The van der Waals surface area contributed by atoms with Crippen LogP contribution >= 0.6 is 0 Å². The lowest BCUT2D eigenvalue weighted by atomic mass is 10.2. The highest BCUT2D eigenvalue weighted by molar-refractivity contribution is 5.71. The molecular weight excluding hydrogens is 178 g/mol. The van der Waals surface area contributed by atoms with E-state index in [0.29, 0.717) is 6.29 Å². The second-order valence-electron chi connectivity index (χ2n) is 2.47. The first-order valence-corrected chi connectivity index (χ1v) is 3.76. The summed E-state index contributed by atoms with van der Waals surface area (Å²) in [4.78, 5) is 25.1. The van der Waals surface area contributed by atoms with Crippen LogP contribution in [0.5, 0.6) is 0 Å². The first-order chi connectivity index (χ1) is 6.11. The van der Waals surface area contributed by atoms with Crippen LogP contribution in [-0.4, -0.2) is 41.2 Å². The van der Waals surface area contributed by atoms with Gasteiger partial charge < -0.3 is 15.0 Å². The van der Waals surface area contributed by atoms with Gasteiger partial charge in [0.15, 0.2) is 0 Å². The average Bonchev–Trinajstić information content (AvgIpc) is 2.10. The molecule has 0 aliphatic rings. The van der Waals surface area contributed by atoms with E-state index < -0.39 is 24.7 Å². The fourth-order valence-corrected chi connectivity index (χ4v) is 0.655. The molecule has 0 radical (unpaired) electrons. The summed E-state index contributed by atoms with van der Waals surface area (Å²) in [5, 5.41) is 17.6. The number of hydroxylamine groups is 1. The van der Waals surface area contributed by atoms with E-state index >= 15 is 0 Å². The maximum absolute atomic E-state index is 10.4. The van der Waals surface area contributed by atoms with Gasteiger partial charge in [-0.3, -0.25) is 9.63 Å². The third-order valence-electron chi connectivity index (χ3n) is 1.30. The van der Waals surface area contributed by atoms with E-state index in [9.17, 15) is 9.59 Å². The summed E-state index contributed by atoms with van der Waals surface area (Å²) in [5.41, 5.74) is 1.98. The zero-order valence-corrected chi connectivity index (χ0v) is 7.27. The van der Waals surface area contributed by atoms with Gasteiger partial charge in [-0.2, -0.15) is 0 Å². The standard InChI is InChI=1S/C7H13NO5/c1-5(11)8-13-7(2-3-9)6(12)4-10/h3,6-7,10,12H,2,4H2,1H3,(H,8,11)/t6-,7-/m0/s1. The second-order valence-corrected chi connectivity index (χ2v) is 2.47. The van der Waals surface area contributed by atoms with Gasteiger partial charge in [0, 0.05) is 13.3 Å². The van der Waals surface area contributed by atoms with Crippen LogP contribution in [0.1, 0.15) is 13.3 Å². The topological polar surface area (TPSA) is 95.9 Å². The maximum atomic E-state index is 10.4. The molecule has 0 bridgehead atoms. The number of hydrogen-bond acceptors (Lipinski definition) is 5. The number of nitrogens with one attached hydrogen (secondary N) is 1. The van der Waals surface area contributed by atoms with E-state index in [1.807, 2.05) is 5.48 Å². The molecule has 3 N–H and O–H groups in total. The largest absolute Gasteiger partial charge is 0.394 e. The Hall–Kier alpha value is -0.980. The van der Waals surface area contributed by atoms with Crippen LogP contribution < -0.4 is 5.48 Å². The van der Waals surface area contributed by atoms with Crippen LogP contribution in [0.25, 0.3) is 0 Å². The highest BCUT2D eigenvalue weighted by Crippen LogP contribution is 2.00. The summed E-state index contributed by atoms with van der Waals surface area (Å²) < 4.78 is 0. The second kappa shape index (κ2) is 6.53. The SMILES string of the molecule is CC(=O)NO[C@@H](CC=O)[C@@H](O)CO. The Balaban J connectivity index is 3.92. The molecule has 0 rings (SSSR count). The van der Waals surface area contributed by atoms with Gasteiger partial charge >= 0.3 is 0 Å². The van der Waals surface area contributed by atoms with Crippen molar-refractivity contribution < 1.29 is 24.6 Å². The smallest absolute Gasteiger partial charge is 0.240 e. The maximum Gasteiger partial charge on any atom is 0.240 e. The Bertz CT molecular complexity index is 172. The number of aliphatic hydroxyl groups excluding tert-OH is 2. The summed E-state index contributed by atoms with van der Waals surface area (Å²) in [5.74, 6) is -0.443. The van der Waals surface area contributed by atoms with E-state index in [1.54, 1.807) is 0 Å². The van der Waals surface area contributed by atoms with Crippen molar-refractivity contribution in [1.29, 1.82) is 0 Å². The molecule has 76 valence electrons. The molecule has 6 heteroatoms. The molecule has 0 fully saturated rings. The highest BCUT2D eigenvalue weighted by Gasteiger charge is 2.19. The normalized spacial score (nSPS) is 14.7. The van der Waals surface area contributed by atoms with Gasteiger partial charge in [-0.15, -0.1) is 0 Å².